The Morgan fingerprint density at radius 3 is 2.02 bits per heavy atom. The molecule has 1 aromatic heterocycles. The average Bonchev–Trinajstić information content (AvgIpc) is 3.11. The third-order valence-corrected chi connectivity index (χ3v) is 9.80. The molecule has 2 heteroatoms. The minimum Gasteiger partial charge on any atom is -0.264 e. The number of aromatic nitrogens is 1. The zero-order valence-corrected chi connectivity index (χ0v) is 26.4. The van der Waals surface area contributed by atoms with Gasteiger partial charge in [0.05, 0.1) is 11.4 Å². The van der Waals surface area contributed by atoms with Crippen LogP contribution < -0.4 is 0 Å². The van der Waals surface area contributed by atoms with E-state index in [4.69, 9.17) is 4.98 Å². The van der Waals surface area contributed by atoms with Crippen molar-refractivity contribution in [3.8, 4) is 22.4 Å². The van der Waals surface area contributed by atoms with Crippen LogP contribution in [0.1, 0.15) is 43.0 Å². The van der Waals surface area contributed by atoms with Gasteiger partial charge in [-0.05, 0) is 85.9 Å². The van der Waals surface area contributed by atoms with Crippen LogP contribution in [0.3, 0.4) is 0 Å². The van der Waals surface area contributed by atoms with E-state index in [-0.39, 0.29) is 5.41 Å². The van der Waals surface area contributed by atoms with Gasteiger partial charge in [-0.25, -0.2) is 0 Å². The summed E-state index contributed by atoms with van der Waals surface area (Å²) in [5.41, 5.74) is 11.3. The van der Waals surface area contributed by atoms with Crippen LogP contribution in [0.2, 0.25) is 0 Å². The van der Waals surface area contributed by atoms with E-state index in [1.165, 1.54) is 60.1 Å². The Bertz CT molecular complexity index is 2380. The van der Waals surface area contributed by atoms with Crippen molar-refractivity contribution in [2.45, 2.75) is 26.2 Å². The molecule has 46 heavy (non-hydrogen) atoms. The van der Waals surface area contributed by atoms with Gasteiger partial charge < -0.3 is 0 Å². The fraction of sp³-hybridized carbons (Fsp3) is 0.0909. The Balaban J connectivity index is 1.34. The standard InChI is InChI=1S/C44H34N2/c1-28(29-11-7-5-8-12-29)15-25-39(45-4)33-21-23-37-42-35(33)19-16-31-17-20-36-34(22-24-38(44(37,2)3)43(36)41(31)42)40-26-18-32(27-46-40)30-13-9-6-10-14-30/h5-27H,4H2,1-3H3/b28-15+,39-25-. The third-order valence-electron chi connectivity index (χ3n) is 9.80. The molecule has 0 atom stereocenters. The summed E-state index contributed by atoms with van der Waals surface area (Å²) < 4.78 is 0. The van der Waals surface area contributed by atoms with Crippen LogP contribution in [0.15, 0.2) is 145 Å². The molecule has 1 aliphatic carbocycles. The third kappa shape index (κ3) is 4.33. The highest BCUT2D eigenvalue weighted by Gasteiger charge is 2.33. The molecule has 0 bridgehead atoms. The summed E-state index contributed by atoms with van der Waals surface area (Å²) in [6.07, 6.45) is 6.24. The summed E-state index contributed by atoms with van der Waals surface area (Å²) in [5.74, 6) is 0. The van der Waals surface area contributed by atoms with Crippen molar-refractivity contribution in [1.82, 2.24) is 4.98 Å². The van der Waals surface area contributed by atoms with Gasteiger partial charge in [0.15, 0.2) is 0 Å². The maximum atomic E-state index is 4.97. The van der Waals surface area contributed by atoms with Crippen LogP contribution in [0.4, 0.5) is 0 Å². The van der Waals surface area contributed by atoms with E-state index in [0.29, 0.717) is 0 Å². The predicted octanol–water partition coefficient (Wildman–Crippen LogP) is 11.7. The molecule has 6 aromatic carbocycles. The summed E-state index contributed by atoms with van der Waals surface area (Å²) in [5, 5.41) is 7.62. The smallest absolute Gasteiger partial charge is 0.0708 e. The average molecular weight is 591 g/mol. The Labute approximate surface area is 270 Å². The number of nitrogens with zero attached hydrogens (tertiary/aromatic N) is 2. The molecule has 0 amide bonds. The molecule has 0 unspecified atom stereocenters. The molecule has 1 aliphatic rings. The van der Waals surface area contributed by atoms with Gasteiger partial charge >= 0.3 is 0 Å². The molecule has 8 rings (SSSR count). The first-order chi connectivity index (χ1) is 22.5. The Hall–Kier alpha value is -5.60. The predicted molar refractivity (Wildman–Crippen MR) is 197 cm³/mol. The number of aliphatic imine (C=N–C) groups is 1. The topological polar surface area (TPSA) is 25.2 Å². The van der Waals surface area contributed by atoms with Crippen molar-refractivity contribution >= 4 is 50.3 Å². The van der Waals surface area contributed by atoms with E-state index in [9.17, 15) is 0 Å². The maximum absolute atomic E-state index is 4.97. The van der Waals surface area contributed by atoms with Crippen LogP contribution in [-0.4, -0.2) is 11.7 Å². The summed E-state index contributed by atoms with van der Waals surface area (Å²) in [4.78, 5) is 9.51. The van der Waals surface area contributed by atoms with E-state index in [0.717, 1.165) is 28.1 Å². The van der Waals surface area contributed by atoms with E-state index in [1.54, 1.807) is 0 Å². The van der Waals surface area contributed by atoms with Gasteiger partial charge in [0.1, 0.15) is 0 Å². The van der Waals surface area contributed by atoms with E-state index >= 15 is 0 Å². The lowest BCUT2D eigenvalue weighted by molar-refractivity contribution is 0.652. The van der Waals surface area contributed by atoms with Gasteiger partial charge in [-0.2, -0.15) is 0 Å². The second-order valence-electron chi connectivity index (χ2n) is 12.7. The Morgan fingerprint density at radius 1 is 0.652 bits per heavy atom. The number of hydrogen-bond donors (Lipinski definition) is 0. The van der Waals surface area contributed by atoms with Crippen LogP contribution >= 0.6 is 0 Å². The van der Waals surface area contributed by atoms with Crippen molar-refractivity contribution < 1.29 is 0 Å². The molecule has 220 valence electrons. The van der Waals surface area contributed by atoms with Crippen molar-refractivity contribution in [2.24, 2.45) is 4.99 Å². The molecule has 0 aliphatic heterocycles. The molecule has 7 aromatic rings. The number of hydrogen-bond acceptors (Lipinski definition) is 2. The molecule has 0 radical (unpaired) electrons. The summed E-state index contributed by atoms with van der Waals surface area (Å²) in [7, 11) is 0. The van der Waals surface area contributed by atoms with Gasteiger partial charge in [-0.1, -0.05) is 135 Å². The number of allylic oxidation sites excluding steroid dienone is 3. The van der Waals surface area contributed by atoms with Crippen molar-refractivity contribution in [1.29, 1.82) is 0 Å². The van der Waals surface area contributed by atoms with Gasteiger partial charge in [-0.3, -0.25) is 9.98 Å². The monoisotopic (exact) mass is 590 g/mol. The van der Waals surface area contributed by atoms with E-state index < -0.39 is 0 Å². The number of pyridine rings is 1. The van der Waals surface area contributed by atoms with Gasteiger partial charge in [0, 0.05) is 28.3 Å². The second kappa shape index (κ2) is 10.8. The summed E-state index contributed by atoms with van der Waals surface area (Å²) in [6.45, 7) is 10.8. The van der Waals surface area contributed by atoms with Crippen LogP contribution in [0.25, 0.3) is 66.0 Å². The lowest BCUT2D eigenvalue weighted by Gasteiger charge is -2.35. The van der Waals surface area contributed by atoms with Crippen molar-refractivity contribution in [3.05, 3.63) is 162 Å². The van der Waals surface area contributed by atoms with Gasteiger partial charge in [0.25, 0.3) is 0 Å². The second-order valence-corrected chi connectivity index (χ2v) is 12.7. The van der Waals surface area contributed by atoms with Crippen molar-refractivity contribution in [2.75, 3.05) is 0 Å². The Kier molecular flexibility index (Phi) is 6.54. The Morgan fingerprint density at radius 2 is 1.33 bits per heavy atom. The molecule has 0 spiro atoms. The quantitative estimate of drug-likeness (QED) is 0.107. The fourth-order valence-corrected chi connectivity index (χ4v) is 7.32. The van der Waals surface area contributed by atoms with Crippen molar-refractivity contribution in [3.63, 3.8) is 0 Å². The summed E-state index contributed by atoms with van der Waals surface area (Å²) in [6, 6.07) is 43.4. The first-order valence-corrected chi connectivity index (χ1v) is 15.8. The minimum absolute atomic E-state index is 0.184. The molecular formula is C44H34N2. The minimum atomic E-state index is -0.184. The molecular weight excluding hydrogens is 556 g/mol. The highest BCUT2D eigenvalue weighted by molar-refractivity contribution is 6.27. The van der Waals surface area contributed by atoms with Crippen LogP contribution in [0.5, 0.6) is 0 Å². The van der Waals surface area contributed by atoms with Gasteiger partial charge in [-0.15, -0.1) is 0 Å². The highest BCUT2D eigenvalue weighted by atomic mass is 14.7. The lowest BCUT2D eigenvalue weighted by Crippen LogP contribution is -2.22. The largest absolute Gasteiger partial charge is 0.264 e. The van der Waals surface area contributed by atoms with Crippen LogP contribution in [-0.2, 0) is 5.41 Å². The molecule has 0 N–H and O–H groups in total. The van der Waals surface area contributed by atoms with E-state index in [1.807, 2.05) is 18.3 Å². The van der Waals surface area contributed by atoms with Crippen LogP contribution in [0, 0.1) is 0 Å². The zero-order chi connectivity index (χ0) is 31.4. The van der Waals surface area contributed by atoms with Gasteiger partial charge in [0.2, 0.25) is 0 Å². The van der Waals surface area contributed by atoms with E-state index in [2.05, 4.69) is 154 Å². The normalized spacial score (nSPS) is 14.1. The first-order valence-electron chi connectivity index (χ1n) is 15.8. The highest BCUT2D eigenvalue weighted by Crippen LogP contribution is 2.51. The number of benzene rings is 6. The SMILES string of the molecule is C=N/C(=C\C=C(/C)c1ccccc1)c1ccc2c3c1ccc1ccc4c(-c5ccc(-c6ccccc6)cn5)ccc(c4c13)C2(C)C. The molecule has 2 nitrogen and oxygen atoms in total. The first kappa shape index (κ1) is 27.9. The fourth-order valence-electron chi connectivity index (χ4n) is 7.32. The maximum Gasteiger partial charge on any atom is 0.0708 e. The number of rotatable bonds is 6. The lowest BCUT2D eigenvalue weighted by atomic mass is 9.68. The molecule has 1 heterocycles. The molecule has 0 saturated carbocycles. The zero-order valence-electron chi connectivity index (χ0n) is 26.4. The molecule has 0 fully saturated rings. The molecule has 0 saturated heterocycles. The summed E-state index contributed by atoms with van der Waals surface area (Å²) >= 11 is 0.